The van der Waals surface area contributed by atoms with Crippen LogP contribution in [0.25, 0.3) is 0 Å². The molecule has 2 amide bonds. The molecule has 0 atom stereocenters. The maximum atomic E-state index is 13.1. The van der Waals surface area contributed by atoms with E-state index in [-0.39, 0.29) is 21.7 Å². The molecule has 3 aromatic carbocycles. The number of nitrogens with two attached hydrogens (primary N) is 1. The average molecular weight is 413 g/mol. The number of hydrogen-bond donors (Lipinski definition) is 3. The number of primary amides is 1. The molecule has 0 aliphatic heterocycles. The van der Waals surface area contributed by atoms with Crippen LogP contribution in [0.2, 0.25) is 0 Å². The standard InChI is InChI=1S/C20H16FN3O4S/c21-14-7-11-16(12-8-14)29(27,28)24-18-4-2-1-3-17(18)20(26)23-15-9-5-13(6-10-15)19(22)25/h1-12,24H,(H2,22,25)(H,23,26). The summed E-state index contributed by atoms with van der Waals surface area (Å²) in [7, 11) is -4.02. The molecule has 0 radical (unpaired) electrons. The number of nitrogens with one attached hydrogen (secondary N) is 2. The van der Waals surface area contributed by atoms with Crippen LogP contribution in [-0.2, 0) is 10.0 Å². The molecule has 0 saturated carbocycles. The minimum Gasteiger partial charge on any atom is -0.366 e. The van der Waals surface area contributed by atoms with E-state index < -0.39 is 27.7 Å². The Morgan fingerprint density at radius 3 is 2.10 bits per heavy atom. The molecular weight excluding hydrogens is 397 g/mol. The lowest BCUT2D eigenvalue weighted by Crippen LogP contribution is -2.18. The molecule has 0 unspecified atom stereocenters. The lowest BCUT2D eigenvalue weighted by molar-refractivity contribution is 0.0998. The van der Waals surface area contributed by atoms with Crippen LogP contribution in [0.4, 0.5) is 15.8 Å². The van der Waals surface area contributed by atoms with Crippen LogP contribution in [0.1, 0.15) is 20.7 Å². The molecule has 0 aromatic heterocycles. The number of halogens is 1. The van der Waals surface area contributed by atoms with E-state index in [2.05, 4.69) is 10.0 Å². The van der Waals surface area contributed by atoms with Gasteiger partial charge in [0.15, 0.2) is 0 Å². The van der Waals surface area contributed by atoms with E-state index >= 15 is 0 Å². The van der Waals surface area contributed by atoms with Gasteiger partial charge in [-0.3, -0.25) is 14.3 Å². The second kappa shape index (κ2) is 8.11. The van der Waals surface area contributed by atoms with Gasteiger partial charge in [-0.05, 0) is 60.7 Å². The second-order valence-corrected chi connectivity index (χ2v) is 7.68. The van der Waals surface area contributed by atoms with Gasteiger partial charge in [-0.25, -0.2) is 12.8 Å². The highest BCUT2D eigenvalue weighted by molar-refractivity contribution is 7.92. The van der Waals surface area contributed by atoms with Gasteiger partial charge in [0, 0.05) is 11.3 Å². The first kappa shape index (κ1) is 20.0. The summed E-state index contributed by atoms with van der Waals surface area (Å²) in [6.45, 7) is 0. The van der Waals surface area contributed by atoms with Gasteiger partial charge in [0.2, 0.25) is 5.91 Å². The molecule has 148 valence electrons. The number of amides is 2. The molecule has 29 heavy (non-hydrogen) atoms. The summed E-state index contributed by atoms with van der Waals surface area (Å²) in [6, 6.07) is 16.3. The Hall–Kier alpha value is -3.72. The Balaban J connectivity index is 1.83. The van der Waals surface area contributed by atoms with Gasteiger partial charge in [0.1, 0.15) is 5.82 Å². The van der Waals surface area contributed by atoms with E-state index in [9.17, 15) is 22.4 Å². The van der Waals surface area contributed by atoms with Crippen LogP contribution in [0.3, 0.4) is 0 Å². The van der Waals surface area contributed by atoms with E-state index in [1.165, 1.54) is 36.4 Å². The Morgan fingerprint density at radius 1 is 0.862 bits per heavy atom. The van der Waals surface area contributed by atoms with Crippen LogP contribution >= 0.6 is 0 Å². The highest BCUT2D eigenvalue weighted by atomic mass is 32.2. The number of carbonyl (C=O) groups is 2. The van der Waals surface area contributed by atoms with Gasteiger partial charge in [-0.15, -0.1) is 0 Å². The monoisotopic (exact) mass is 413 g/mol. The van der Waals surface area contributed by atoms with Crippen molar-refractivity contribution in [2.45, 2.75) is 4.90 Å². The van der Waals surface area contributed by atoms with E-state index in [0.29, 0.717) is 5.69 Å². The summed E-state index contributed by atoms with van der Waals surface area (Å²) in [5.41, 5.74) is 6.00. The van der Waals surface area contributed by atoms with Crippen molar-refractivity contribution in [3.63, 3.8) is 0 Å². The van der Waals surface area contributed by atoms with E-state index in [1.54, 1.807) is 12.1 Å². The zero-order valence-electron chi connectivity index (χ0n) is 14.9. The van der Waals surface area contributed by atoms with Gasteiger partial charge >= 0.3 is 0 Å². The van der Waals surface area contributed by atoms with Crippen LogP contribution in [-0.4, -0.2) is 20.2 Å². The van der Waals surface area contributed by atoms with Crippen molar-refractivity contribution in [1.29, 1.82) is 0 Å². The predicted molar refractivity (Wildman–Crippen MR) is 107 cm³/mol. The largest absolute Gasteiger partial charge is 0.366 e. The number of sulfonamides is 1. The summed E-state index contributed by atoms with van der Waals surface area (Å²) in [6.07, 6.45) is 0. The molecule has 4 N–H and O–H groups in total. The highest BCUT2D eigenvalue weighted by Gasteiger charge is 2.19. The van der Waals surface area contributed by atoms with Gasteiger partial charge < -0.3 is 11.1 Å². The van der Waals surface area contributed by atoms with Crippen molar-refractivity contribution in [2.75, 3.05) is 10.0 Å². The molecule has 0 heterocycles. The fourth-order valence-corrected chi connectivity index (χ4v) is 3.58. The summed E-state index contributed by atoms with van der Waals surface area (Å²) in [5.74, 6) is -1.72. The molecule has 3 rings (SSSR count). The number of para-hydroxylation sites is 1. The van der Waals surface area contributed by atoms with E-state index in [1.807, 2.05) is 0 Å². The molecule has 0 aliphatic rings. The first-order valence-corrected chi connectivity index (χ1v) is 9.83. The SMILES string of the molecule is NC(=O)c1ccc(NC(=O)c2ccccc2NS(=O)(=O)c2ccc(F)cc2)cc1. The zero-order chi connectivity index (χ0) is 21.0. The molecule has 0 spiro atoms. The van der Waals surface area contributed by atoms with Crippen molar-refractivity contribution in [3.05, 3.63) is 89.7 Å². The van der Waals surface area contributed by atoms with Crippen LogP contribution in [0, 0.1) is 5.82 Å². The maximum absolute atomic E-state index is 13.1. The van der Waals surface area contributed by atoms with Gasteiger partial charge in [-0.2, -0.15) is 0 Å². The van der Waals surface area contributed by atoms with E-state index in [4.69, 9.17) is 5.73 Å². The number of anilines is 2. The summed E-state index contributed by atoms with van der Waals surface area (Å²) in [4.78, 5) is 23.6. The van der Waals surface area contributed by atoms with Crippen molar-refractivity contribution in [3.8, 4) is 0 Å². The minimum atomic E-state index is -4.02. The molecule has 0 aliphatic carbocycles. The number of carbonyl (C=O) groups excluding carboxylic acids is 2. The number of benzene rings is 3. The number of hydrogen-bond acceptors (Lipinski definition) is 4. The average Bonchev–Trinajstić information content (AvgIpc) is 2.69. The molecule has 3 aromatic rings. The van der Waals surface area contributed by atoms with Crippen molar-refractivity contribution in [1.82, 2.24) is 0 Å². The Morgan fingerprint density at radius 2 is 1.48 bits per heavy atom. The third-order valence-corrected chi connectivity index (χ3v) is 5.35. The fourth-order valence-electron chi connectivity index (χ4n) is 2.50. The molecule has 0 saturated heterocycles. The Labute approximate surface area is 166 Å². The van der Waals surface area contributed by atoms with Gasteiger partial charge in [-0.1, -0.05) is 12.1 Å². The van der Waals surface area contributed by atoms with Crippen molar-refractivity contribution >= 4 is 33.2 Å². The molecule has 0 bridgehead atoms. The normalized spacial score (nSPS) is 10.9. The Bertz CT molecular complexity index is 1160. The first-order chi connectivity index (χ1) is 13.8. The lowest BCUT2D eigenvalue weighted by Gasteiger charge is -2.13. The van der Waals surface area contributed by atoms with Gasteiger partial charge in [0.05, 0.1) is 16.1 Å². The maximum Gasteiger partial charge on any atom is 0.261 e. The third kappa shape index (κ3) is 4.77. The fraction of sp³-hybridized carbons (Fsp3) is 0. The minimum absolute atomic E-state index is 0.0584. The molecule has 9 heteroatoms. The number of rotatable bonds is 6. The van der Waals surface area contributed by atoms with Crippen LogP contribution in [0.5, 0.6) is 0 Å². The molecule has 0 fully saturated rings. The van der Waals surface area contributed by atoms with Crippen LogP contribution < -0.4 is 15.8 Å². The third-order valence-electron chi connectivity index (χ3n) is 3.97. The predicted octanol–water partition coefficient (Wildman–Crippen LogP) is 2.98. The first-order valence-electron chi connectivity index (χ1n) is 8.35. The molecule has 7 nitrogen and oxygen atoms in total. The zero-order valence-corrected chi connectivity index (χ0v) is 15.7. The topological polar surface area (TPSA) is 118 Å². The van der Waals surface area contributed by atoms with E-state index in [0.717, 1.165) is 24.3 Å². The second-order valence-electron chi connectivity index (χ2n) is 6.00. The highest BCUT2D eigenvalue weighted by Crippen LogP contribution is 2.22. The summed E-state index contributed by atoms with van der Waals surface area (Å²) >= 11 is 0. The van der Waals surface area contributed by atoms with Crippen LogP contribution in [0.15, 0.2) is 77.7 Å². The molecular formula is C20H16FN3O4S. The summed E-state index contributed by atoms with van der Waals surface area (Å²) < 4.78 is 40.5. The van der Waals surface area contributed by atoms with Crippen molar-refractivity contribution in [2.24, 2.45) is 5.73 Å². The Kier molecular flexibility index (Phi) is 5.60. The lowest BCUT2D eigenvalue weighted by atomic mass is 10.1. The van der Waals surface area contributed by atoms with Crippen molar-refractivity contribution < 1.29 is 22.4 Å². The smallest absolute Gasteiger partial charge is 0.261 e. The quantitative estimate of drug-likeness (QED) is 0.576. The summed E-state index contributed by atoms with van der Waals surface area (Å²) in [5, 5.41) is 2.62. The van der Waals surface area contributed by atoms with Gasteiger partial charge in [0.25, 0.3) is 15.9 Å².